The highest BCUT2D eigenvalue weighted by Crippen LogP contribution is 2.23. The van der Waals surface area contributed by atoms with Gasteiger partial charge in [-0.1, -0.05) is 0 Å². The molecule has 1 heterocycles. The minimum atomic E-state index is 0.777. The van der Waals surface area contributed by atoms with Crippen molar-refractivity contribution in [3.05, 3.63) is 30.0 Å². The maximum Gasteiger partial charge on any atom is 0.134 e. The van der Waals surface area contributed by atoms with E-state index < -0.39 is 0 Å². The van der Waals surface area contributed by atoms with E-state index in [1.807, 2.05) is 32.3 Å². The number of fused-ring (bicyclic) bond motifs is 1. The molecule has 2 rings (SSSR count). The van der Waals surface area contributed by atoms with Crippen LogP contribution >= 0.6 is 0 Å². The van der Waals surface area contributed by atoms with Crippen molar-refractivity contribution in [2.75, 3.05) is 19.8 Å². The average molecular weight is 190 g/mol. The molecule has 74 valence electrons. The fourth-order valence-electron chi connectivity index (χ4n) is 1.56. The molecule has 0 fully saturated rings. The van der Waals surface area contributed by atoms with E-state index in [2.05, 4.69) is 4.90 Å². The van der Waals surface area contributed by atoms with E-state index in [4.69, 9.17) is 10.2 Å². The molecule has 2 aromatic rings. The number of rotatable bonds is 2. The quantitative estimate of drug-likeness (QED) is 0.737. The van der Waals surface area contributed by atoms with Crippen molar-refractivity contribution < 1.29 is 4.42 Å². The van der Waals surface area contributed by atoms with E-state index in [-0.39, 0.29) is 0 Å². The van der Waals surface area contributed by atoms with Crippen LogP contribution < -0.4 is 5.73 Å². The van der Waals surface area contributed by atoms with Crippen LogP contribution in [-0.2, 0) is 6.54 Å². The van der Waals surface area contributed by atoms with E-state index in [0.717, 1.165) is 23.2 Å². The van der Waals surface area contributed by atoms with Gasteiger partial charge >= 0.3 is 0 Å². The predicted molar refractivity (Wildman–Crippen MR) is 58.0 cm³/mol. The standard InChI is InChI=1S/C11H14N2O/c1-13(2)6-8-7-14-11-4-3-9(12)5-10(8)11/h3-5,7H,6,12H2,1-2H3. The van der Waals surface area contributed by atoms with Crippen LogP contribution in [0.3, 0.4) is 0 Å². The highest BCUT2D eigenvalue weighted by atomic mass is 16.3. The Labute approximate surface area is 83.1 Å². The van der Waals surface area contributed by atoms with E-state index in [0.29, 0.717) is 0 Å². The molecule has 0 bridgehead atoms. The lowest BCUT2D eigenvalue weighted by Gasteiger charge is -2.07. The van der Waals surface area contributed by atoms with Gasteiger partial charge in [-0.05, 0) is 32.3 Å². The van der Waals surface area contributed by atoms with Crippen molar-refractivity contribution in [1.82, 2.24) is 4.90 Å². The molecule has 0 radical (unpaired) electrons. The van der Waals surface area contributed by atoms with Crippen molar-refractivity contribution in [3.8, 4) is 0 Å². The Morgan fingerprint density at radius 1 is 1.36 bits per heavy atom. The van der Waals surface area contributed by atoms with Gasteiger partial charge in [0.2, 0.25) is 0 Å². The van der Waals surface area contributed by atoms with E-state index in [1.54, 1.807) is 6.26 Å². The zero-order valence-corrected chi connectivity index (χ0v) is 8.45. The summed E-state index contributed by atoms with van der Waals surface area (Å²) in [5.74, 6) is 0. The molecule has 14 heavy (non-hydrogen) atoms. The highest BCUT2D eigenvalue weighted by molar-refractivity contribution is 5.84. The van der Waals surface area contributed by atoms with Gasteiger partial charge in [0, 0.05) is 23.2 Å². The van der Waals surface area contributed by atoms with Gasteiger partial charge in [0.1, 0.15) is 5.58 Å². The third kappa shape index (κ3) is 1.59. The zero-order valence-electron chi connectivity index (χ0n) is 8.45. The van der Waals surface area contributed by atoms with Crippen molar-refractivity contribution in [3.63, 3.8) is 0 Å². The maximum atomic E-state index is 5.73. The summed E-state index contributed by atoms with van der Waals surface area (Å²) in [4.78, 5) is 2.10. The molecule has 0 unspecified atom stereocenters. The molecule has 3 heteroatoms. The summed E-state index contributed by atoms with van der Waals surface area (Å²) in [7, 11) is 4.07. The monoisotopic (exact) mass is 190 g/mol. The first-order valence-corrected chi connectivity index (χ1v) is 4.57. The van der Waals surface area contributed by atoms with Crippen LogP contribution in [0.4, 0.5) is 5.69 Å². The first kappa shape index (κ1) is 9.09. The maximum absolute atomic E-state index is 5.73. The molecule has 0 amide bonds. The molecule has 0 aliphatic rings. The third-order valence-corrected chi connectivity index (χ3v) is 2.16. The fourth-order valence-corrected chi connectivity index (χ4v) is 1.56. The number of hydrogen-bond acceptors (Lipinski definition) is 3. The van der Waals surface area contributed by atoms with Gasteiger partial charge < -0.3 is 15.1 Å². The first-order valence-electron chi connectivity index (χ1n) is 4.57. The Bertz CT molecular complexity index is 445. The van der Waals surface area contributed by atoms with Crippen molar-refractivity contribution in [2.45, 2.75) is 6.54 Å². The van der Waals surface area contributed by atoms with Crippen LogP contribution in [0.2, 0.25) is 0 Å². The lowest BCUT2D eigenvalue weighted by molar-refractivity contribution is 0.401. The Balaban J connectivity index is 2.50. The van der Waals surface area contributed by atoms with Crippen molar-refractivity contribution >= 4 is 16.7 Å². The number of nitrogen functional groups attached to an aromatic ring is 1. The van der Waals surface area contributed by atoms with Gasteiger partial charge in [-0.2, -0.15) is 0 Å². The minimum absolute atomic E-state index is 0.777. The van der Waals surface area contributed by atoms with Gasteiger partial charge in [-0.15, -0.1) is 0 Å². The number of anilines is 1. The summed E-state index contributed by atoms with van der Waals surface area (Å²) in [5.41, 5.74) is 8.58. The molecule has 3 nitrogen and oxygen atoms in total. The molecule has 0 saturated heterocycles. The van der Waals surface area contributed by atoms with Crippen LogP contribution in [0.15, 0.2) is 28.9 Å². The summed E-state index contributed by atoms with van der Waals surface area (Å²) < 4.78 is 5.42. The Morgan fingerprint density at radius 3 is 2.86 bits per heavy atom. The molecule has 0 aliphatic carbocycles. The highest BCUT2D eigenvalue weighted by Gasteiger charge is 2.06. The van der Waals surface area contributed by atoms with E-state index in [1.165, 1.54) is 5.56 Å². The summed E-state index contributed by atoms with van der Waals surface area (Å²) in [6, 6.07) is 5.72. The Hall–Kier alpha value is -1.48. The molecule has 0 atom stereocenters. The van der Waals surface area contributed by atoms with Crippen LogP contribution in [0.1, 0.15) is 5.56 Å². The molecule has 1 aromatic heterocycles. The lowest BCUT2D eigenvalue weighted by atomic mass is 10.1. The second-order valence-electron chi connectivity index (χ2n) is 3.75. The summed E-state index contributed by atoms with van der Waals surface area (Å²) in [6.45, 7) is 0.871. The number of benzene rings is 1. The van der Waals surface area contributed by atoms with Gasteiger partial charge in [-0.25, -0.2) is 0 Å². The van der Waals surface area contributed by atoms with Crippen molar-refractivity contribution in [2.24, 2.45) is 0 Å². The predicted octanol–water partition coefficient (Wildman–Crippen LogP) is 2.08. The molecule has 0 aliphatic heterocycles. The molecular formula is C11H14N2O. The van der Waals surface area contributed by atoms with Crippen LogP contribution in [0.5, 0.6) is 0 Å². The van der Waals surface area contributed by atoms with Gasteiger partial charge in [-0.3, -0.25) is 0 Å². The second-order valence-corrected chi connectivity index (χ2v) is 3.75. The number of hydrogen-bond donors (Lipinski definition) is 1. The largest absolute Gasteiger partial charge is 0.464 e. The van der Waals surface area contributed by atoms with E-state index in [9.17, 15) is 0 Å². The number of nitrogens with two attached hydrogens (primary N) is 1. The van der Waals surface area contributed by atoms with Gasteiger partial charge in [0.25, 0.3) is 0 Å². The SMILES string of the molecule is CN(C)Cc1coc2ccc(N)cc12. The topological polar surface area (TPSA) is 42.4 Å². The Kier molecular flexibility index (Phi) is 2.17. The third-order valence-electron chi connectivity index (χ3n) is 2.16. The second kappa shape index (κ2) is 3.35. The van der Waals surface area contributed by atoms with Crippen LogP contribution in [0, 0.1) is 0 Å². The number of nitrogens with zero attached hydrogens (tertiary/aromatic N) is 1. The number of furan rings is 1. The Morgan fingerprint density at radius 2 is 2.14 bits per heavy atom. The summed E-state index contributed by atoms with van der Waals surface area (Å²) >= 11 is 0. The summed E-state index contributed by atoms with van der Waals surface area (Å²) in [5, 5.41) is 1.11. The smallest absolute Gasteiger partial charge is 0.134 e. The normalized spacial score (nSPS) is 11.4. The zero-order chi connectivity index (χ0) is 10.1. The van der Waals surface area contributed by atoms with Gasteiger partial charge in [0.15, 0.2) is 0 Å². The summed E-state index contributed by atoms with van der Waals surface area (Å²) in [6.07, 6.45) is 1.80. The van der Waals surface area contributed by atoms with Gasteiger partial charge in [0.05, 0.1) is 6.26 Å². The lowest BCUT2D eigenvalue weighted by Crippen LogP contribution is -2.10. The molecular weight excluding hydrogens is 176 g/mol. The average Bonchev–Trinajstić information content (AvgIpc) is 2.47. The molecule has 2 N–H and O–H groups in total. The fraction of sp³-hybridized carbons (Fsp3) is 0.273. The molecule has 0 spiro atoms. The molecule has 0 saturated carbocycles. The first-order chi connectivity index (χ1) is 6.66. The van der Waals surface area contributed by atoms with Crippen molar-refractivity contribution in [1.29, 1.82) is 0 Å². The van der Waals surface area contributed by atoms with Crippen LogP contribution in [0.25, 0.3) is 11.0 Å². The van der Waals surface area contributed by atoms with E-state index >= 15 is 0 Å². The molecule has 1 aromatic carbocycles. The minimum Gasteiger partial charge on any atom is -0.464 e. The van der Waals surface area contributed by atoms with Crippen LogP contribution in [-0.4, -0.2) is 19.0 Å².